The molecule has 0 aliphatic carbocycles. The Morgan fingerprint density at radius 2 is 2.00 bits per heavy atom. The van der Waals surface area contributed by atoms with Crippen LogP contribution in [0.4, 0.5) is 19.0 Å². The van der Waals surface area contributed by atoms with Gasteiger partial charge < -0.3 is 29.9 Å². The maximum Gasteiger partial charge on any atom is 1.00 e. The van der Waals surface area contributed by atoms with Gasteiger partial charge in [-0.1, -0.05) is 7.60 Å². The number of aromatic nitrogens is 2. The number of ether oxygens (including phenoxy) is 1. The first-order chi connectivity index (χ1) is 9.93. The predicted octanol–water partition coefficient (Wildman–Crippen LogP) is -8.22. The molecule has 0 aromatic carbocycles. The van der Waals surface area contributed by atoms with Crippen molar-refractivity contribution in [2.75, 3.05) is 11.9 Å². The molecule has 0 amide bonds. The van der Waals surface area contributed by atoms with Crippen LogP contribution in [0, 0.1) is 5.82 Å². The Morgan fingerprint density at radius 1 is 1.46 bits per heavy atom. The molecule has 1 saturated heterocycles. The fraction of sp³-hybridized carbons (Fsp3) is 0.556. The van der Waals surface area contributed by atoms with Crippen LogP contribution in [0.25, 0.3) is 0 Å². The summed E-state index contributed by atoms with van der Waals surface area (Å²) < 4.78 is 56.3. The molecule has 2 heterocycles. The Morgan fingerprint density at radius 3 is 2.50 bits per heavy atom. The van der Waals surface area contributed by atoms with Gasteiger partial charge >= 0.3 is 70.7 Å². The summed E-state index contributed by atoms with van der Waals surface area (Å²) >= 11 is 0. The van der Waals surface area contributed by atoms with Crippen LogP contribution in [0.5, 0.6) is 0 Å². The first kappa shape index (κ1) is 24.5. The smallest absolute Gasteiger partial charge is 0.811 e. The van der Waals surface area contributed by atoms with E-state index < -0.39 is 55.4 Å². The van der Waals surface area contributed by atoms with E-state index in [9.17, 15) is 37.4 Å². The standard InChI is InChI=1S/C9H11F3N3O6P.2Na/c10-3-1-15(8(17)14-6(3)13)7-9(11,12)5(16)4(21-7)2-22(18,19)20;;/h1,4-5,7,16H,2H2,(H2,13,14,17)(H2,18,19,20);;/q;2*+1/p-2/t4-,5-,7-;;/m1../s1. The molecule has 1 aromatic heterocycles. The zero-order valence-electron chi connectivity index (χ0n) is 12.6. The van der Waals surface area contributed by atoms with Gasteiger partial charge in [-0.15, -0.1) is 0 Å². The number of aliphatic hydroxyl groups is 1. The van der Waals surface area contributed by atoms with E-state index in [1.54, 1.807) is 0 Å². The number of rotatable bonds is 3. The van der Waals surface area contributed by atoms with Crippen molar-refractivity contribution in [2.24, 2.45) is 0 Å². The molecule has 1 aromatic rings. The predicted molar refractivity (Wildman–Crippen MR) is 60.2 cm³/mol. The van der Waals surface area contributed by atoms with E-state index in [1.807, 2.05) is 0 Å². The molecular formula is C9H9F3N3Na2O6P. The van der Waals surface area contributed by atoms with Crippen molar-refractivity contribution < 1.29 is 96.5 Å². The molecule has 0 saturated carbocycles. The second-order valence-electron chi connectivity index (χ2n) is 4.60. The van der Waals surface area contributed by atoms with Crippen LogP contribution in [-0.2, 0) is 9.30 Å². The third kappa shape index (κ3) is 5.04. The van der Waals surface area contributed by atoms with Gasteiger partial charge in [0.25, 0.3) is 0 Å². The maximum atomic E-state index is 13.9. The van der Waals surface area contributed by atoms with E-state index in [4.69, 9.17) is 5.73 Å². The number of anilines is 1. The topological polar surface area (TPSA) is 154 Å². The second kappa shape index (κ2) is 8.49. The van der Waals surface area contributed by atoms with Crippen molar-refractivity contribution in [3.05, 3.63) is 22.5 Å². The minimum absolute atomic E-state index is 0. The monoisotopic (exact) mass is 389 g/mol. The van der Waals surface area contributed by atoms with Gasteiger partial charge in [-0.2, -0.15) is 13.8 Å². The Balaban J connectivity index is 0.00000264. The Labute approximate surface area is 177 Å². The molecule has 1 aliphatic rings. The Bertz CT molecular complexity index is 702. The summed E-state index contributed by atoms with van der Waals surface area (Å²) in [5, 5.41) is 9.40. The van der Waals surface area contributed by atoms with Crippen LogP contribution in [0.15, 0.2) is 11.0 Å². The van der Waals surface area contributed by atoms with Crippen molar-refractivity contribution in [3.8, 4) is 0 Å². The van der Waals surface area contributed by atoms with E-state index in [1.165, 1.54) is 0 Å². The number of hydrogen-bond donors (Lipinski definition) is 2. The van der Waals surface area contributed by atoms with E-state index in [2.05, 4.69) is 9.72 Å². The first-order valence-corrected chi connectivity index (χ1v) is 7.43. The quantitative estimate of drug-likeness (QED) is 0.382. The van der Waals surface area contributed by atoms with Crippen molar-refractivity contribution in [2.45, 2.75) is 24.4 Å². The van der Waals surface area contributed by atoms with Crippen LogP contribution in [0.1, 0.15) is 6.23 Å². The number of hydrogen-bond acceptors (Lipinski definition) is 8. The molecule has 0 unspecified atom stereocenters. The summed E-state index contributed by atoms with van der Waals surface area (Å²) in [7, 11) is -5.27. The van der Waals surface area contributed by atoms with Crippen LogP contribution in [-0.4, -0.2) is 38.9 Å². The number of nitrogens with zero attached hydrogens (tertiary/aromatic N) is 2. The van der Waals surface area contributed by atoms with Crippen LogP contribution >= 0.6 is 7.60 Å². The van der Waals surface area contributed by atoms with E-state index in [-0.39, 0.29) is 69.9 Å². The van der Waals surface area contributed by atoms with Gasteiger partial charge in [-0.25, -0.2) is 9.18 Å². The van der Waals surface area contributed by atoms with Crippen molar-refractivity contribution in [1.82, 2.24) is 9.55 Å². The normalized spacial score (nSPS) is 25.7. The molecular weight excluding hydrogens is 380 g/mol. The summed E-state index contributed by atoms with van der Waals surface area (Å²) in [5.74, 6) is -6.29. The zero-order chi connectivity index (χ0) is 16.9. The van der Waals surface area contributed by atoms with Gasteiger partial charge in [0.15, 0.2) is 11.6 Å². The third-order valence-corrected chi connectivity index (χ3v) is 3.78. The van der Waals surface area contributed by atoms with Gasteiger partial charge in [0.1, 0.15) is 6.10 Å². The molecule has 0 bridgehead atoms. The van der Waals surface area contributed by atoms with Crippen LogP contribution in [0.3, 0.4) is 0 Å². The minimum Gasteiger partial charge on any atom is -0.811 e. The summed E-state index contributed by atoms with van der Waals surface area (Å²) in [6.45, 7) is 0. The largest absolute Gasteiger partial charge is 1.00 e. The molecule has 124 valence electrons. The fourth-order valence-corrected chi connectivity index (χ4v) is 2.69. The number of alkyl halides is 2. The summed E-state index contributed by atoms with van der Waals surface area (Å²) in [4.78, 5) is 35.7. The molecule has 1 aliphatic heterocycles. The molecule has 2 rings (SSSR count). The SMILES string of the molecule is Nc1nc(=O)n([C@@H]2O[C@H](CP(=O)([O-])[O-])[C@@H](O)C2(F)F)cc1F.[Na+].[Na+]. The van der Waals surface area contributed by atoms with Gasteiger partial charge in [-0.05, 0) is 0 Å². The van der Waals surface area contributed by atoms with Gasteiger partial charge in [0.05, 0.1) is 12.3 Å². The van der Waals surface area contributed by atoms with Crippen LogP contribution in [0.2, 0.25) is 0 Å². The van der Waals surface area contributed by atoms with E-state index in [0.29, 0.717) is 0 Å². The molecule has 3 N–H and O–H groups in total. The van der Waals surface area contributed by atoms with Crippen molar-refractivity contribution in [3.63, 3.8) is 0 Å². The molecule has 15 heteroatoms. The van der Waals surface area contributed by atoms with E-state index in [0.717, 1.165) is 0 Å². The minimum atomic E-state index is -5.27. The molecule has 3 atom stereocenters. The Hall–Kier alpha value is 0.540. The molecule has 24 heavy (non-hydrogen) atoms. The fourth-order valence-electron chi connectivity index (χ4n) is 1.96. The number of aliphatic hydroxyl groups excluding tert-OH is 1. The maximum absolute atomic E-state index is 13.9. The Kier molecular flexibility index (Phi) is 8.68. The van der Waals surface area contributed by atoms with Gasteiger partial charge in [0, 0.05) is 6.16 Å². The molecule has 0 spiro atoms. The summed E-state index contributed by atoms with van der Waals surface area (Å²) in [6, 6.07) is 0. The van der Waals surface area contributed by atoms with Gasteiger partial charge in [-0.3, -0.25) is 4.57 Å². The second-order valence-corrected chi connectivity index (χ2v) is 6.19. The zero-order valence-corrected chi connectivity index (χ0v) is 17.5. The molecule has 1 fully saturated rings. The van der Waals surface area contributed by atoms with E-state index >= 15 is 0 Å². The number of halogens is 3. The van der Waals surface area contributed by atoms with Crippen molar-refractivity contribution in [1.29, 1.82) is 0 Å². The average molecular weight is 389 g/mol. The average Bonchev–Trinajstić information content (AvgIpc) is 2.56. The summed E-state index contributed by atoms with van der Waals surface area (Å²) in [5.41, 5.74) is 3.60. The first-order valence-electron chi connectivity index (χ1n) is 5.70. The third-order valence-electron chi connectivity index (χ3n) is 2.97. The number of nitrogen functional groups attached to an aromatic ring is 1. The van der Waals surface area contributed by atoms with Gasteiger partial charge in [0.2, 0.25) is 6.23 Å². The van der Waals surface area contributed by atoms with Crippen LogP contribution < -0.4 is 80.3 Å². The van der Waals surface area contributed by atoms with Crippen molar-refractivity contribution >= 4 is 13.4 Å². The molecule has 0 radical (unpaired) electrons. The number of nitrogens with two attached hydrogens (primary N) is 1. The summed E-state index contributed by atoms with van der Waals surface area (Å²) in [6.07, 6.45) is -8.42. The molecule has 9 nitrogen and oxygen atoms in total.